The zero-order valence-electron chi connectivity index (χ0n) is 15.3. The zero-order valence-corrected chi connectivity index (χ0v) is 16.9. The number of aromatic nitrogens is 2. The molecule has 28 heavy (non-hydrogen) atoms. The summed E-state index contributed by atoms with van der Waals surface area (Å²) in [4.78, 5) is 11.9. The highest BCUT2D eigenvalue weighted by Crippen LogP contribution is 2.32. The maximum atomic E-state index is 11.9. The highest BCUT2D eigenvalue weighted by Gasteiger charge is 2.10. The fourth-order valence-electron chi connectivity index (χ4n) is 2.68. The molecule has 2 aromatic carbocycles. The van der Waals surface area contributed by atoms with E-state index in [1.54, 1.807) is 13.2 Å². The van der Waals surface area contributed by atoms with Crippen LogP contribution in [-0.2, 0) is 5.75 Å². The Bertz CT molecular complexity index is 1170. The summed E-state index contributed by atoms with van der Waals surface area (Å²) in [6, 6.07) is 15.1. The van der Waals surface area contributed by atoms with Gasteiger partial charge >= 0.3 is 5.63 Å². The molecule has 1 N–H and O–H groups in total. The Morgan fingerprint density at radius 3 is 2.75 bits per heavy atom. The van der Waals surface area contributed by atoms with Crippen molar-refractivity contribution in [1.29, 1.82) is 0 Å². The van der Waals surface area contributed by atoms with Crippen LogP contribution in [0.5, 0.6) is 5.75 Å². The number of hydrogen-bond donors (Lipinski definition) is 1. The lowest BCUT2D eigenvalue weighted by Crippen LogP contribution is -2.00. The second-order valence-electron chi connectivity index (χ2n) is 6.11. The maximum absolute atomic E-state index is 11.9. The quantitative estimate of drug-likeness (QED) is 0.353. The van der Waals surface area contributed by atoms with Crippen molar-refractivity contribution in [3.63, 3.8) is 0 Å². The number of thioether (sulfide) groups is 1. The molecule has 0 fully saturated rings. The number of fused-ring (bicyclic) bond motifs is 1. The van der Waals surface area contributed by atoms with Crippen LogP contribution in [0.4, 0.5) is 10.8 Å². The second-order valence-corrected chi connectivity index (χ2v) is 8.31. The first kappa shape index (κ1) is 18.5. The largest absolute Gasteiger partial charge is 0.497 e. The van der Waals surface area contributed by atoms with E-state index in [1.165, 1.54) is 34.7 Å². The molecule has 0 bridgehead atoms. The van der Waals surface area contributed by atoms with Gasteiger partial charge in [0.1, 0.15) is 11.3 Å². The number of aryl methyl sites for hydroxylation is 1. The molecule has 6 nitrogen and oxygen atoms in total. The van der Waals surface area contributed by atoms with Gasteiger partial charge in [-0.2, -0.15) is 0 Å². The predicted octanol–water partition coefficient (Wildman–Crippen LogP) is 5.00. The third-order valence-corrected chi connectivity index (χ3v) is 6.12. The Morgan fingerprint density at radius 2 is 1.96 bits per heavy atom. The van der Waals surface area contributed by atoms with Gasteiger partial charge in [-0.3, -0.25) is 0 Å². The number of hydrogen-bond acceptors (Lipinski definition) is 8. The minimum absolute atomic E-state index is 0.379. The average molecular weight is 412 g/mol. The Labute approximate surface area is 169 Å². The zero-order chi connectivity index (χ0) is 19.5. The molecule has 0 saturated carbocycles. The summed E-state index contributed by atoms with van der Waals surface area (Å²) < 4.78 is 11.3. The molecule has 142 valence electrons. The number of nitrogens with zero attached hydrogens (tertiary/aromatic N) is 2. The van der Waals surface area contributed by atoms with E-state index >= 15 is 0 Å². The number of anilines is 2. The van der Waals surface area contributed by atoms with E-state index in [0.29, 0.717) is 17.1 Å². The summed E-state index contributed by atoms with van der Waals surface area (Å²) in [6.07, 6.45) is 0. The fourth-order valence-corrected chi connectivity index (χ4v) is 4.44. The Balaban J connectivity index is 1.50. The van der Waals surface area contributed by atoms with Crippen LogP contribution in [0, 0.1) is 6.92 Å². The lowest BCUT2D eigenvalue weighted by molar-refractivity contribution is 0.414. The lowest BCUT2D eigenvalue weighted by Gasteiger charge is -2.05. The van der Waals surface area contributed by atoms with Crippen molar-refractivity contribution in [2.75, 3.05) is 12.4 Å². The third-order valence-electron chi connectivity index (χ3n) is 4.10. The van der Waals surface area contributed by atoms with E-state index in [2.05, 4.69) is 15.5 Å². The highest BCUT2D eigenvalue weighted by atomic mass is 32.2. The molecule has 0 unspecified atom stereocenters. The van der Waals surface area contributed by atoms with Crippen molar-refractivity contribution in [2.24, 2.45) is 0 Å². The number of nitrogens with one attached hydrogen (secondary N) is 1. The van der Waals surface area contributed by atoms with Gasteiger partial charge in [0.05, 0.1) is 7.11 Å². The third kappa shape index (κ3) is 4.18. The Morgan fingerprint density at radius 1 is 1.14 bits per heavy atom. The van der Waals surface area contributed by atoms with E-state index in [1.807, 2.05) is 43.3 Å². The van der Waals surface area contributed by atoms with Crippen LogP contribution in [0.2, 0.25) is 0 Å². The molecule has 0 spiro atoms. The molecule has 0 amide bonds. The first-order chi connectivity index (χ1) is 13.6. The molecule has 0 aliphatic heterocycles. The first-order valence-electron chi connectivity index (χ1n) is 8.51. The first-order valence-corrected chi connectivity index (χ1v) is 10.3. The normalized spacial score (nSPS) is 10.9. The van der Waals surface area contributed by atoms with Crippen LogP contribution in [0.1, 0.15) is 11.1 Å². The summed E-state index contributed by atoms with van der Waals surface area (Å²) in [5.41, 5.74) is 3.20. The van der Waals surface area contributed by atoms with E-state index in [-0.39, 0.29) is 5.63 Å². The second kappa shape index (κ2) is 8.04. The standard InChI is InChI=1S/C20H17N3O3S2/c1-12-3-5-14(6-4-12)21-19-22-23-20(28-19)27-11-13-9-18(24)26-17-10-15(25-2)7-8-16(13)17/h3-10H,11H2,1-2H3,(H,21,22). The van der Waals surface area contributed by atoms with E-state index in [9.17, 15) is 4.79 Å². The number of benzene rings is 2. The van der Waals surface area contributed by atoms with Crippen LogP contribution >= 0.6 is 23.1 Å². The van der Waals surface area contributed by atoms with Gasteiger partial charge in [0.25, 0.3) is 0 Å². The van der Waals surface area contributed by atoms with Crippen molar-refractivity contribution in [2.45, 2.75) is 17.0 Å². The predicted molar refractivity (Wildman–Crippen MR) is 113 cm³/mol. The molecule has 8 heteroatoms. The smallest absolute Gasteiger partial charge is 0.336 e. The average Bonchev–Trinajstić information content (AvgIpc) is 3.14. The summed E-state index contributed by atoms with van der Waals surface area (Å²) in [6.45, 7) is 2.05. The van der Waals surface area contributed by atoms with Crippen LogP contribution in [-0.4, -0.2) is 17.3 Å². The topological polar surface area (TPSA) is 77.3 Å². The molecule has 2 aromatic heterocycles. The molecule has 0 saturated heterocycles. The fraction of sp³-hybridized carbons (Fsp3) is 0.150. The van der Waals surface area contributed by atoms with Gasteiger partial charge < -0.3 is 14.5 Å². The number of methoxy groups -OCH3 is 1. The van der Waals surface area contributed by atoms with Gasteiger partial charge in [0.2, 0.25) is 5.13 Å². The van der Waals surface area contributed by atoms with Crippen molar-refractivity contribution in [3.8, 4) is 5.75 Å². The van der Waals surface area contributed by atoms with Crippen LogP contribution in [0.15, 0.2) is 62.1 Å². The van der Waals surface area contributed by atoms with Crippen LogP contribution in [0.25, 0.3) is 11.0 Å². The molecule has 0 atom stereocenters. The number of ether oxygens (including phenoxy) is 1. The molecule has 0 radical (unpaired) electrons. The monoisotopic (exact) mass is 411 g/mol. The SMILES string of the molecule is COc1ccc2c(CSc3nnc(Nc4ccc(C)cc4)s3)cc(=O)oc2c1. The molecule has 0 aliphatic carbocycles. The summed E-state index contributed by atoms with van der Waals surface area (Å²) in [5, 5.41) is 13.3. The Hall–Kier alpha value is -2.84. The van der Waals surface area contributed by atoms with Gasteiger partial charge in [-0.05, 0) is 36.8 Å². The molecule has 0 aliphatic rings. The van der Waals surface area contributed by atoms with Gasteiger partial charge in [-0.1, -0.05) is 40.8 Å². The summed E-state index contributed by atoms with van der Waals surface area (Å²) in [5.74, 6) is 1.24. The maximum Gasteiger partial charge on any atom is 0.336 e. The van der Waals surface area contributed by atoms with Gasteiger partial charge in [-0.15, -0.1) is 10.2 Å². The minimum atomic E-state index is -0.379. The van der Waals surface area contributed by atoms with Crippen molar-refractivity contribution < 1.29 is 9.15 Å². The Kier molecular flexibility index (Phi) is 5.31. The molecular formula is C20H17N3O3S2. The van der Waals surface area contributed by atoms with Gasteiger partial charge in [0.15, 0.2) is 4.34 Å². The van der Waals surface area contributed by atoms with Crippen molar-refractivity contribution in [1.82, 2.24) is 10.2 Å². The lowest BCUT2D eigenvalue weighted by atomic mass is 10.1. The molecule has 2 heterocycles. The van der Waals surface area contributed by atoms with E-state index in [0.717, 1.165) is 26.1 Å². The minimum Gasteiger partial charge on any atom is -0.497 e. The summed E-state index contributed by atoms with van der Waals surface area (Å²) >= 11 is 3.01. The van der Waals surface area contributed by atoms with Crippen LogP contribution < -0.4 is 15.7 Å². The van der Waals surface area contributed by atoms with Crippen molar-refractivity contribution >= 4 is 44.9 Å². The van der Waals surface area contributed by atoms with Crippen molar-refractivity contribution in [3.05, 3.63) is 70.1 Å². The molecular weight excluding hydrogens is 394 g/mol. The van der Waals surface area contributed by atoms with Crippen LogP contribution in [0.3, 0.4) is 0 Å². The van der Waals surface area contributed by atoms with Gasteiger partial charge in [-0.25, -0.2) is 4.79 Å². The number of rotatable bonds is 6. The van der Waals surface area contributed by atoms with E-state index < -0.39 is 0 Å². The molecule has 4 aromatic rings. The van der Waals surface area contributed by atoms with E-state index in [4.69, 9.17) is 9.15 Å². The summed E-state index contributed by atoms with van der Waals surface area (Å²) in [7, 11) is 1.58. The van der Waals surface area contributed by atoms with Gasteiger partial charge in [0, 0.05) is 29.0 Å². The highest BCUT2D eigenvalue weighted by molar-refractivity contribution is 8.00. The molecule has 4 rings (SSSR count).